The SMILES string of the molecule is C=C1COC(c2cc3c(cn2)CC=N3)C(=O)N1. The van der Waals surface area contributed by atoms with Crippen LogP contribution in [0.3, 0.4) is 0 Å². The molecule has 1 unspecified atom stereocenters. The lowest BCUT2D eigenvalue weighted by Gasteiger charge is -2.23. The highest BCUT2D eigenvalue weighted by atomic mass is 16.5. The fraction of sp³-hybridized carbons (Fsp3) is 0.250. The summed E-state index contributed by atoms with van der Waals surface area (Å²) in [5.41, 5.74) is 3.11. The molecule has 1 amide bonds. The highest BCUT2D eigenvalue weighted by molar-refractivity contribution is 5.84. The Morgan fingerprint density at radius 2 is 2.41 bits per heavy atom. The molecular weight excluding hydrogens is 218 g/mol. The normalized spacial score (nSPS) is 22.5. The molecule has 0 radical (unpaired) electrons. The van der Waals surface area contributed by atoms with E-state index in [1.807, 2.05) is 6.21 Å². The number of carbonyl (C=O) groups is 1. The number of carbonyl (C=O) groups excluding carboxylic acids is 1. The Morgan fingerprint density at radius 3 is 3.24 bits per heavy atom. The molecule has 0 saturated carbocycles. The van der Waals surface area contributed by atoms with Gasteiger partial charge in [0, 0.05) is 30.1 Å². The number of pyridine rings is 1. The Bertz CT molecular complexity index is 537. The number of morpholine rings is 1. The summed E-state index contributed by atoms with van der Waals surface area (Å²) in [6.07, 6.45) is 3.72. The maximum absolute atomic E-state index is 11.7. The third kappa shape index (κ3) is 1.74. The largest absolute Gasteiger partial charge is 0.356 e. The van der Waals surface area contributed by atoms with Crippen LogP contribution in [0.5, 0.6) is 0 Å². The first kappa shape index (κ1) is 10.2. The van der Waals surface area contributed by atoms with E-state index in [-0.39, 0.29) is 5.91 Å². The van der Waals surface area contributed by atoms with Gasteiger partial charge in [-0.3, -0.25) is 14.8 Å². The molecule has 0 bridgehead atoms. The van der Waals surface area contributed by atoms with Gasteiger partial charge in [0.25, 0.3) is 5.91 Å². The van der Waals surface area contributed by atoms with Crippen molar-refractivity contribution < 1.29 is 9.53 Å². The molecule has 3 heterocycles. The lowest BCUT2D eigenvalue weighted by molar-refractivity contribution is -0.135. The number of nitrogens with one attached hydrogen (secondary N) is 1. The Morgan fingerprint density at radius 1 is 1.53 bits per heavy atom. The molecule has 0 spiro atoms. The average molecular weight is 229 g/mol. The van der Waals surface area contributed by atoms with Gasteiger partial charge in [0.1, 0.15) is 0 Å². The van der Waals surface area contributed by atoms with E-state index in [2.05, 4.69) is 21.9 Å². The number of aliphatic imine (C=N–C) groups is 1. The molecule has 1 atom stereocenters. The van der Waals surface area contributed by atoms with Crippen molar-refractivity contribution in [2.24, 2.45) is 4.99 Å². The Labute approximate surface area is 98.2 Å². The summed E-state index contributed by atoms with van der Waals surface area (Å²) in [5.74, 6) is -0.226. The van der Waals surface area contributed by atoms with E-state index in [1.54, 1.807) is 12.3 Å². The molecule has 5 heteroatoms. The second-order valence-electron chi connectivity index (χ2n) is 4.04. The summed E-state index contributed by atoms with van der Waals surface area (Å²) in [7, 11) is 0. The van der Waals surface area contributed by atoms with E-state index in [4.69, 9.17) is 4.74 Å². The summed E-state index contributed by atoms with van der Waals surface area (Å²) < 4.78 is 5.42. The van der Waals surface area contributed by atoms with E-state index < -0.39 is 6.10 Å². The van der Waals surface area contributed by atoms with Crippen LogP contribution in [0.15, 0.2) is 29.5 Å². The zero-order valence-corrected chi connectivity index (χ0v) is 9.14. The van der Waals surface area contributed by atoms with E-state index in [9.17, 15) is 4.79 Å². The minimum Gasteiger partial charge on any atom is -0.356 e. The van der Waals surface area contributed by atoms with Gasteiger partial charge in [-0.25, -0.2) is 0 Å². The van der Waals surface area contributed by atoms with Crippen LogP contribution in [0.2, 0.25) is 0 Å². The first-order chi connectivity index (χ1) is 8.24. The number of nitrogens with zero attached hydrogens (tertiary/aromatic N) is 2. The average Bonchev–Trinajstić information content (AvgIpc) is 2.75. The van der Waals surface area contributed by atoms with E-state index >= 15 is 0 Å². The number of amides is 1. The second-order valence-corrected chi connectivity index (χ2v) is 4.04. The van der Waals surface area contributed by atoms with Crippen molar-refractivity contribution in [3.8, 4) is 0 Å². The lowest BCUT2D eigenvalue weighted by Crippen LogP contribution is -2.37. The molecule has 0 aromatic carbocycles. The van der Waals surface area contributed by atoms with Crippen molar-refractivity contribution in [2.45, 2.75) is 12.5 Å². The molecule has 86 valence electrons. The summed E-state index contributed by atoms with van der Waals surface area (Å²) >= 11 is 0. The number of hydrogen-bond donors (Lipinski definition) is 1. The first-order valence-corrected chi connectivity index (χ1v) is 5.35. The van der Waals surface area contributed by atoms with Gasteiger partial charge in [-0.15, -0.1) is 0 Å². The maximum atomic E-state index is 11.7. The van der Waals surface area contributed by atoms with Gasteiger partial charge in [0.15, 0.2) is 6.10 Å². The molecule has 2 aliphatic heterocycles. The minimum absolute atomic E-state index is 0.226. The predicted molar refractivity (Wildman–Crippen MR) is 62.1 cm³/mol. The molecule has 5 nitrogen and oxygen atoms in total. The van der Waals surface area contributed by atoms with Crippen LogP contribution in [0.4, 0.5) is 5.69 Å². The van der Waals surface area contributed by atoms with Gasteiger partial charge in [0.05, 0.1) is 18.0 Å². The highest BCUT2D eigenvalue weighted by Crippen LogP contribution is 2.28. The zero-order valence-electron chi connectivity index (χ0n) is 9.14. The van der Waals surface area contributed by atoms with Gasteiger partial charge in [-0.2, -0.15) is 0 Å². The molecule has 3 rings (SSSR count). The highest BCUT2D eigenvalue weighted by Gasteiger charge is 2.28. The topological polar surface area (TPSA) is 63.6 Å². The van der Waals surface area contributed by atoms with E-state index in [1.165, 1.54) is 0 Å². The molecule has 1 fully saturated rings. The van der Waals surface area contributed by atoms with Gasteiger partial charge in [0.2, 0.25) is 0 Å². The van der Waals surface area contributed by atoms with Crippen LogP contribution in [0, 0.1) is 0 Å². The number of aromatic nitrogens is 1. The fourth-order valence-electron chi connectivity index (χ4n) is 1.91. The van der Waals surface area contributed by atoms with Crippen LogP contribution >= 0.6 is 0 Å². The number of rotatable bonds is 1. The number of fused-ring (bicyclic) bond motifs is 1. The van der Waals surface area contributed by atoms with Crippen molar-refractivity contribution in [1.29, 1.82) is 0 Å². The minimum atomic E-state index is -0.665. The van der Waals surface area contributed by atoms with Crippen molar-refractivity contribution >= 4 is 17.8 Å². The summed E-state index contributed by atoms with van der Waals surface area (Å²) in [5, 5.41) is 2.66. The van der Waals surface area contributed by atoms with Crippen molar-refractivity contribution in [2.75, 3.05) is 6.61 Å². The maximum Gasteiger partial charge on any atom is 0.259 e. The van der Waals surface area contributed by atoms with Gasteiger partial charge in [-0.1, -0.05) is 6.58 Å². The zero-order chi connectivity index (χ0) is 11.8. The monoisotopic (exact) mass is 229 g/mol. The van der Waals surface area contributed by atoms with E-state index in [0.29, 0.717) is 18.0 Å². The predicted octanol–water partition coefficient (Wildman–Crippen LogP) is 1.04. The third-order valence-corrected chi connectivity index (χ3v) is 2.76. The Balaban J connectivity index is 1.91. The van der Waals surface area contributed by atoms with Crippen molar-refractivity contribution in [3.63, 3.8) is 0 Å². The van der Waals surface area contributed by atoms with Crippen molar-refractivity contribution in [3.05, 3.63) is 35.8 Å². The summed E-state index contributed by atoms with van der Waals surface area (Å²) in [4.78, 5) is 20.2. The number of hydrogen-bond acceptors (Lipinski definition) is 4. The molecule has 1 aromatic heterocycles. The van der Waals surface area contributed by atoms with Gasteiger partial charge < -0.3 is 10.1 Å². The Kier molecular flexibility index (Phi) is 2.26. The van der Waals surface area contributed by atoms with Crippen LogP contribution < -0.4 is 5.32 Å². The lowest BCUT2D eigenvalue weighted by atomic mass is 10.1. The molecular formula is C12H11N3O2. The van der Waals surface area contributed by atoms with Crippen molar-refractivity contribution in [1.82, 2.24) is 10.3 Å². The van der Waals surface area contributed by atoms with Gasteiger partial charge >= 0.3 is 0 Å². The Hall–Kier alpha value is -2.01. The number of ether oxygens (including phenoxy) is 1. The quantitative estimate of drug-likeness (QED) is 0.782. The van der Waals surface area contributed by atoms with Crippen LogP contribution in [0.25, 0.3) is 0 Å². The van der Waals surface area contributed by atoms with E-state index in [0.717, 1.165) is 17.7 Å². The molecule has 2 aliphatic rings. The third-order valence-electron chi connectivity index (χ3n) is 2.76. The molecule has 0 aliphatic carbocycles. The summed E-state index contributed by atoms with van der Waals surface area (Å²) in [6, 6.07) is 1.80. The van der Waals surface area contributed by atoms with Crippen LogP contribution in [-0.2, 0) is 16.0 Å². The van der Waals surface area contributed by atoms with Crippen LogP contribution in [-0.4, -0.2) is 23.7 Å². The van der Waals surface area contributed by atoms with Gasteiger partial charge in [-0.05, 0) is 6.07 Å². The first-order valence-electron chi connectivity index (χ1n) is 5.35. The molecule has 1 saturated heterocycles. The van der Waals surface area contributed by atoms with Crippen LogP contribution in [0.1, 0.15) is 17.4 Å². The molecule has 1 aromatic rings. The molecule has 1 N–H and O–H groups in total. The standard InChI is InChI=1S/C12H11N3O2/c1-7-6-17-11(12(16)15-7)10-4-9-8(5-14-10)2-3-13-9/h3-5,11H,1-2,6H2,(H,15,16). The smallest absolute Gasteiger partial charge is 0.259 e. The second kappa shape index (κ2) is 3.78. The summed E-state index contributed by atoms with van der Waals surface area (Å²) in [6.45, 7) is 3.97. The fourth-order valence-corrected chi connectivity index (χ4v) is 1.91. The molecule has 17 heavy (non-hydrogen) atoms.